The lowest BCUT2D eigenvalue weighted by molar-refractivity contribution is 0.193. The SMILES string of the molecule is CCC(C)N1CCN(c2ccc(N=Cc3c(O)[nH]c4cccc(C)c34)cc2)CC1. The summed E-state index contributed by atoms with van der Waals surface area (Å²) in [5.41, 5.74) is 4.92. The summed E-state index contributed by atoms with van der Waals surface area (Å²) in [6.45, 7) is 11.0. The molecule has 1 atom stereocenters. The predicted molar refractivity (Wildman–Crippen MR) is 122 cm³/mol. The molecule has 152 valence electrons. The van der Waals surface area contributed by atoms with Crippen molar-refractivity contribution in [2.45, 2.75) is 33.2 Å². The van der Waals surface area contributed by atoms with Crippen molar-refractivity contribution in [2.75, 3.05) is 31.1 Å². The van der Waals surface area contributed by atoms with Gasteiger partial charge in [-0.25, -0.2) is 0 Å². The van der Waals surface area contributed by atoms with E-state index in [1.54, 1.807) is 6.21 Å². The number of aliphatic imine (C=N–C) groups is 1. The van der Waals surface area contributed by atoms with Gasteiger partial charge in [0, 0.05) is 55.0 Å². The second-order valence-corrected chi connectivity index (χ2v) is 7.94. The smallest absolute Gasteiger partial charge is 0.198 e. The van der Waals surface area contributed by atoms with Crippen LogP contribution in [0.3, 0.4) is 0 Å². The van der Waals surface area contributed by atoms with E-state index in [-0.39, 0.29) is 5.88 Å². The zero-order valence-corrected chi connectivity index (χ0v) is 17.5. The molecule has 0 bridgehead atoms. The van der Waals surface area contributed by atoms with Crippen LogP contribution >= 0.6 is 0 Å². The van der Waals surface area contributed by atoms with E-state index in [2.05, 4.69) is 45.8 Å². The van der Waals surface area contributed by atoms with Crippen molar-refractivity contribution in [1.29, 1.82) is 0 Å². The van der Waals surface area contributed by atoms with Crippen molar-refractivity contribution in [3.63, 3.8) is 0 Å². The van der Waals surface area contributed by atoms with E-state index in [1.807, 2.05) is 37.3 Å². The Bertz CT molecular complexity index is 998. The van der Waals surface area contributed by atoms with Gasteiger partial charge >= 0.3 is 0 Å². The molecule has 2 aromatic carbocycles. The molecular weight excluding hydrogens is 360 g/mol. The van der Waals surface area contributed by atoms with Gasteiger partial charge in [-0.2, -0.15) is 0 Å². The van der Waals surface area contributed by atoms with Crippen LogP contribution in [-0.4, -0.2) is 53.4 Å². The van der Waals surface area contributed by atoms with Crippen molar-refractivity contribution in [1.82, 2.24) is 9.88 Å². The van der Waals surface area contributed by atoms with Gasteiger partial charge in [-0.15, -0.1) is 0 Å². The van der Waals surface area contributed by atoms with Gasteiger partial charge in [0.25, 0.3) is 0 Å². The molecule has 1 aliphatic rings. The van der Waals surface area contributed by atoms with Crippen LogP contribution in [-0.2, 0) is 0 Å². The number of hydrogen-bond donors (Lipinski definition) is 2. The molecule has 0 aliphatic carbocycles. The molecule has 4 rings (SSSR count). The molecule has 1 unspecified atom stereocenters. The molecule has 2 heterocycles. The maximum Gasteiger partial charge on any atom is 0.198 e. The summed E-state index contributed by atoms with van der Waals surface area (Å²) in [5.74, 6) is 0.161. The first-order chi connectivity index (χ1) is 14.1. The number of rotatable bonds is 5. The third-order valence-corrected chi connectivity index (χ3v) is 6.14. The molecule has 0 amide bonds. The standard InChI is InChI=1S/C24H30N4O/c1-4-18(3)27-12-14-28(15-13-27)20-10-8-19(9-11-20)25-16-21-23-17(2)6-5-7-22(23)26-24(21)29/h5-11,16,18,26,29H,4,12-15H2,1-3H3. The van der Waals surface area contributed by atoms with Gasteiger partial charge in [0.2, 0.25) is 0 Å². The maximum atomic E-state index is 10.3. The highest BCUT2D eigenvalue weighted by Crippen LogP contribution is 2.29. The van der Waals surface area contributed by atoms with Crippen molar-refractivity contribution < 1.29 is 5.11 Å². The average molecular weight is 391 g/mol. The molecule has 5 heteroatoms. The number of hydrogen-bond acceptors (Lipinski definition) is 4. The third-order valence-electron chi connectivity index (χ3n) is 6.14. The number of aromatic nitrogens is 1. The lowest BCUT2D eigenvalue weighted by Crippen LogP contribution is -2.49. The molecule has 1 aromatic heterocycles. The fraction of sp³-hybridized carbons (Fsp3) is 0.375. The zero-order valence-electron chi connectivity index (χ0n) is 17.5. The Morgan fingerprint density at radius 3 is 2.52 bits per heavy atom. The molecular formula is C24H30N4O. The first kappa shape index (κ1) is 19.5. The number of aryl methyl sites for hydroxylation is 1. The van der Waals surface area contributed by atoms with Crippen LogP contribution in [0.5, 0.6) is 5.88 Å². The fourth-order valence-corrected chi connectivity index (χ4v) is 4.14. The first-order valence-electron chi connectivity index (χ1n) is 10.5. The van der Waals surface area contributed by atoms with Gasteiger partial charge in [0.15, 0.2) is 5.88 Å². The number of nitrogens with one attached hydrogen (secondary N) is 1. The minimum atomic E-state index is 0.161. The van der Waals surface area contributed by atoms with Gasteiger partial charge in [-0.3, -0.25) is 9.89 Å². The third kappa shape index (κ3) is 4.01. The summed E-state index contributed by atoms with van der Waals surface area (Å²) in [5, 5.41) is 11.3. The normalized spacial score (nSPS) is 16.7. The maximum absolute atomic E-state index is 10.3. The number of piperazine rings is 1. The van der Waals surface area contributed by atoms with Crippen LogP contribution in [0.4, 0.5) is 11.4 Å². The number of nitrogens with zero attached hydrogens (tertiary/aromatic N) is 3. The fourth-order valence-electron chi connectivity index (χ4n) is 4.14. The minimum Gasteiger partial charge on any atom is -0.494 e. The number of aromatic amines is 1. The number of aromatic hydroxyl groups is 1. The van der Waals surface area contributed by atoms with Crippen LogP contribution in [0.1, 0.15) is 31.4 Å². The minimum absolute atomic E-state index is 0.161. The van der Waals surface area contributed by atoms with E-state index >= 15 is 0 Å². The van der Waals surface area contributed by atoms with Crippen molar-refractivity contribution >= 4 is 28.5 Å². The van der Waals surface area contributed by atoms with Crippen LogP contribution < -0.4 is 4.90 Å². The largest absolute Gasteiger partial charge is 0.494 e. The topological polar surface area (TPSA) is 54.9 Å². The molecule has 29 heavy (non-hydrogen) atoms. The quantitative estimate of drug-likeness (QED) is 0.612. The molecule has 1 saturated heterocycles. The van der Waals surface area contributed by atoms with E-state index in [0.29, 0.717) is 6.04 Å². The molecule has 3 aromatic rings. The Balaban J connectivity index is 1.46. The van der Waals surface area contributed by atoms with Gasteiger partial charge < -0.3 is 15.0 Å². The summed E-state index contributed by atoms with van der Waals surface area (Å²) in [7, 11) is 0. The van der Waals surface area contributed by atoms with Crippen molar-refractivity contribution in [2.24, 2.45) is 4.99 Å². The number of H-pyrrole nitrogens is 1. The first-order valence-corrected chi connectivity index (χ1v) is 10.5. The van der Waals surface area contributed by atoms with E-state index in [4.69, 9.17) is 0 Å². The Morgan fingerprint density at radius 1 is 1.10 bits per heavy atom. The lowest BCUT2D eigenvalue weighted by Gasteiger charge is -2.39. The predicted octanol–water partition coefficient (Wildman–Crippen LogP) is 4.85. The molecule has 0 radical (unpaired) electrons. The Hall–Kier alpha value is -2.79. The van der Waals surface area contributed by atoms with E-state index < -0.39 is 0 Å². The zero-order chi connectivity index (χ0) is 20.4. The number of anilines is 1. The average Bonchev–Trinajstić information content (AvgIpc) is 3.08. The van der Waals surface area contributed by atoms with Crippen molar-refractivity contribution in [3.8, 4) is 5.88 Å². The van der Waals surface area contributed by atoms with Gasteiger partial charge in [-0.05, 0) is 56.2 Å². The van der Waals surface area contributed by atoms with E-state index in [9.17, 15) is 5.11 Å². The number of fused-ring (bicyclic) bond motifs is 1. The van der Waals surface area contributed by atoms with Crippen LogP contribution in [0.15, 0.2) is 47.5 Å². The lowest BCUT2D eigenvalue weighted by atomic mass is 10.1. The van der Waals surface area contributed by atoms with Gasteiger partial charge in [0.05, 0.1) is 11.3 Å². The molecule has 0 saturated carbocycles. The Morgan fingerprint density at radius 2 is 1.83 bits per heavy atom. The second-order valence-electron chi connectivity index (χ2n) is 7.94. The summed E-state index contributed by atoms with van der Waals surface area (Å²) in [6.07, 6.45) is 2.96. The highest BCUT2D eigenvalue weighted by atomic mass is 16.3. The van der Waals surface area contributed by atoms with Crippen LogP contribution in [0.25, 0.3) is 10.9 Å². The molecule has 1 aliphatic heterocycles. The monoisotopic (exact) mass is 390 g/mol. The summed E-state index contributed by atoms with van der Waals surface area (Å²) in [6, 6.07) is 15.0. The highest BCUT2D eigenvalue weighted by molar-refractivity contribution is 6.04. The Kier molecular flexibility index (Phi) is 5.58. The molecule has 0 spiro atoms. The van der Waals surface area contributed by atoms with Crippen LogP contribution in [0, 0.1) is 6.92 Å². The van der Waals surface area contributed by atoms with Crippen LogP contribution in [0.2, 0.25) is 0 Å². The molecule has 2 N–H and O–H groups in total. The molecule has 1 fully saturated rings. The Labute approximate surface area is 172 Å². The van der Waals surface area contributed by atoms with Gasteiger partial charge in [-0.1, -0.05) is 19.1 Å². The van der Waals surface area contributed by atoms with Gasteiger partial charge in [0.1, 0.15) is 0 Å². The summed E-state index contributed by atoms with van der Waals surface area (Å²) < 4.78 is 0. The van der Waals surface area contributed by atoms with E-state index in [0.717, 1.165) is 53.9 Å². The summed E-state index contributed by atoms with van der Waals surface area (Å²) >= 11 is 0. The summed E-state index contributed by atoms with van der Waals surface area (Å²) in [4.78, 5) is 12.6. The highest BCUT2D eigenvalue weighted by Gasteiger charge is 2.20. The number of benzene rings is 2. The second kappa shape index (κ2) is 8.29. The van der Waals surface area contributed by atoms with Crippen molar-refractivity contribution in [3.05, 3.63) is 53.6 Å². The molecule has 5 nitrogen and oxygen atoms in total. The van der Waals surface area contributed by atoms with E-state index in [1.165, 1.54) is 12.1 Å².